The van der Waals surface area contributed by atoms with Crippen LogP contribution in [0.3, 0.4) is 0 Å². The summed E-state index contributed by atoms with van der Waals surface area (Å²) in [7, 11) is 0. The van der Waals surface area contributed by atoms with Gasteiger partial charge in [-0.15, -0.1) is 0 Å². The van der Waals surface area contributed by atoms with Crippen molar-refractivity contribution in [3.05, 3.63) is 64.5 Å². The summed E-state index contributed by atoms with van der Waals surface area (Å²) in [5, 5.41) is 12.1. The molecule has 6 heteroatoms. The number of amides is 1. The van der Waals surface area contributed by atoms with Gasteiger partial charge in [0.15, 0.2) is 0 Å². The predicted molar refractivity (Wildman–Crippen MR) is 106 cm³/mol. The van der Waals surface area contributed by atoms with Crippen molar-refractivity contribution in [3.63, 3.8) is 0 Å². The van der Waals surface area contributed by atoms with Gasteiger partial charge in [-0.25, -0.2) is 10.4 Å². The van der Waals surface area contributed by atoms with E-state index in [0.29, 0.717) is 23.2 Å². The highest BCUT2D eigenvalue weighted by molar-refractivity contribution is 5.93. The maximum Gasteiger partial charge on any atom is 0.270 e. The van der Waals surface area contributed by atoms with E-state index in [9.17, 15) is 4.79 Å². The first kappa shape index (κ1) is 18.6. The van der Waals surface area contributed by atoms with E-state index in [-0.39, 0.29) is 18.0 Å². The van der Waals surface area contributed by atoms with Gasteiger partial charge < -0.3 is 5.32 Å². The number of nitrogens with zero attached hydrogens (tertiary/aromatic N) is 2. The lowest BCUT2D eigenvalue weighted by molar-refractivity contribution is 0.0909. The van der Waals surface area contributed by atoms with E-state index < -0.39 is 0 Å². The van der Waals surface area contributed by atoms with Crippen LogP contribution in [-0.2, 0) is 0 Å². The molecule has 1 aromatic heterocycles. The van der Waals surface area contributed by atoms with Crippen LogP contribution in [0.15, 0.2) is 36.5 Å². The number of pyridine rings is 1. The molecule has 2 aromatic rings. The van der Waals surface area contributed by atoms with Crippen molar-refractivity contribution in [1.82, 2.24) is 21.2 Å². The molecule has 1 amide bonds. The Hall–Kier alpha value is -2.75. The molecule has 4 unspecified atom stereocenters. The van der Waals surface area contributed by atoms with Crippen LogP contribution < -0.4 is 16.2 Å². The smallest absolute Gasteiger partial charge is 0.270 e. The highest BCUT2D eigenvalue weighted by atomic mass is 16.1. The Morgan fingerprint density at radius 1 is 1.25 bits per heavy atom. The zero-order valence-electron chi connectivity index (χ0n) is 16.2. The first-order chi connectivity index (χ1) is 13.5. The van der Waals surface area contributed by atoms with E-state index in [1.54, 1.807) is 6.07 Å². The van der Waals surface area contributed by atoms with Crippen molar-refractivity contribution in [2.45, 2.75) is 51.2 Å². The van der Waals surface area contributed by atoms with Crippen molar-refractivity contribution in [2.24, 2.45) is 5.92 Å². The number of nitrogens with one attached hydrogen (secondary N) is 3. The van der Waals surface area contributed by atoms with E-state index in [1.807, 2.05) is 6.92 Å². The summed E-state index contributed by atoms with van der Waals surface area (Å²) in [5.41, 5.74) is 11.1. The minimum absolute atomic E-state index is 0.125. The molecule has 1 saturated carbocycles. The Morgan fingerprint density at radius 3 is 2.86 bits per heavy atom. The number of benzene rings is 1. The van der Waals surface area contributed by atoms with E-state index in [1.165, 1.54) is 17.3 Å². The normalized spacial score (nSPS) is 26.3. The van der Waals surface area contributed by atoms with Gasteiger partial charge in [0.25, 0.3) is 5.91 Å². The number of rotatable bonds is 3. The second kappa shape index (κ2) is 7.70. The molecule has 1 aliphatic carbocycles. The first-order valence-electron chi connectivity index (χ1n) is 9.80. The fraction of sp³-hybridized carbons (Fsp3) is 0.409. The minimum Gasteiger partial charge on any atom is -0.348 e. The first-order valence-corrected chi connectivity index (χ1v) is 9.80. The number of hydrazine groups is 1. The molecular formula is C22H25N5O. The summed E-state index contributed by atoms with van der Waals surface area (Å²) in [4.78, 5) is 16.9. The lowest BCUT2D eigenvalue weighted by Gasteiger charge is -2.33. The second-order valence-electron chi connectivity index (χ2n) is 7.94. The molecule has 6 nitrogen and oxygen atoms in total. The van der Waals surface area contributed by atoms with Crippen molar-refractivity contribution in [2.75, 3.05) is 0 Å². The van der Waals surface area contributed by atoms with Gasteiger partial charge in [-0.2, -0.15) is 5.26 Å². The third kappa shape index (κ3) is 3.64. The lowest BCUT2D eigenvalue weighted by atomic mass is 9.77. The third-order valence-corrected chi connectivity index (χ3v) is 5.91. The number of aromatic nitrogens is 1. The van der Waals surface area contributed by atoms with E-state index in [2.05, 4.69) is 58.4 Å². The Kier molecular flexibility index (Phi) is 5.12. The summed E-state index contributed by atoms with van der Waals surface area (Å²) < 4.78 is 0. The highest BCUT2D eigenvalue weighted by Crippen LogP contribution is 2.38. The van der Waals surface area contributed by atoms with Gasteiger partial charge in [0.2, 0.25) is 0 Å². The Balaban J connectivity index is 1.46. The quantitative estimate of drug-likeness (QED) is 0.767. The third-order valence-electron chi connectivity index (χ3n) is 5.91. The monoisotopic (exact) mass is 375 g/mol. The molecule has 0 bridgehead atoms. The van der Waals surface area contributed by atoms with Crippen molar-refractivity contribution >= 4 is 5.91 Å². The van der Waals surface area contributed by atoms with Crippen LogP contribution in [0.5, 0.6) is 0 Å². The largest absolute Gasteiger partial charge is 0.348 e. The van der Waals surface area contributed by atoms with Crippen LogP contribution in [-0.4, -0.2) is 23.0 Å². The van der Waals surface area contributed by atoms with Gasteiger partial charge in [0.1, 0.15) is 11.8 Å². The summed E-state index contributed by atoms with van der Waals surface area (Å²) in [6, 6.07) is 13.2. The molecule has 28 heavy (non-hydrogen) atoms. The number of nitriles is 1. The fourth-order valence-electron chi connectivity index (χ4n) is 4.51. The van der Waals surface area contributed by atoms with Crippen molar-refractivity contribution in [3.8, 4) is 6.07 Å². The molecule has 2 fully saturated rings. The van der Waals surface area contributed by atoms with Gasteiger partial charge in [-0.05, 0) is 56.2 Å². The molecule has 2 heterocycles. The number of aryl methyl sites for hydroxylation is 2. The van der Waals surface area contributed by atoms with Crippen LogP contribution in [0.2, 0.25) is 0 Å². The van der Waals surface area contributed by atoms with Crippen LogP contribution >= 0.6 is 0 Å². The van der Waals surface area contributed by atoms with Gasteiger partial charge >= 0.3 is 0 Å². The summed E-state index contributed by atoms with van der Waals surface area (Å²) in [6.07, 6.45) is 4.34. The Labute approximate surface area is 165 Å². The molecular weight excluding hydrogens is 350 g/mol. The summed E-state index contributed by atoms with van der Waals surface area (Å²) >= 11 is 0. The van der Waals surface area contributed by atoms with Gasteiger partial charge in [0, 0.05) is 18.3 Å². The second-order valence-corrected chi connectivity index (χ2v) is 7.94. The molecule has 1 aliphatic heterocycles. The maximum absolute atomic E-state index is 12.7. The minimum atomic E-state index is -0.156. The van der Waals surface area contributed by atoms with Crippen molar-refractivity contribution in [1.29, 1.82) is 5.26 Å². The van der Waals surface area contributed by atoms with Crippen LogP contribution in [0.4, 0.5) is 0 Å². The predicted octanol–water partition coefficient (Wildman–Crippen LogP) is 2.69. The molecule has 0 radical (unpaired) electrons. The molecule has 1 aromatic carbocycles. The number of fused-ring (bicyclic) bond motifs is 1. The zero-order valence-corrected chi connectivity index (χ0v) is 16.2. The van der Waals surface area contributed by atoms with Crippen LogP contribution in [0.25, 0.3) is 0 Å². The number of carbonyl (C=O) groups excluding carboxylic acids is 1. The summed E-state index contributed by atoms with van der Waals surface area (Å²) in [5.74, 6) is 0.271. The average molecular weight is 375 g/mol. The Morgan fingerprint density at radius 2 is 2.11 bits per heavy atom. The van der Waals surface area contributed by atoms with Crippen LogP contribution in [0.1, 0.15) is 58.0 Å². The number of hydrogen-bond donors (Lipinski definition) is 3. The Bertz CT molecular complexity index is 935. The van der Waals surface area contributed by atoms with E-state index in [0.717, 1.165) is 24.8 Å². The molecule has 144 valence electrons. The molecule has 4 rings (SSSR count). The zero-order chi connectivity index (χ0) is 19.7. The standard InChI is InChI=1S/C22H25N5O/c1-13-4-3-5-16(8-13)21-18-10-17(6-7-19(18)26-27-21)25-22(28)20-14(2)9-15(11-23)12-24-20/h3-5,8-9,12,17-19,21,26-27H,6-7,10H2,1-2H3,(H,25,28). The van der Waals surface area contributed by atoms with E-state index >= 15 is 0 Å². The molecule has 3 N–H and O–H groups in total. The SMILES string of the molecule is Cc1cccc(C2NNC3CCC(NC(=O)c4ncc(C#N)cc4C)CC32)c1. The molecule has 4 atom stereocenters. The van der Waals surface area contributed by atoms with Gasteiger partial charge in [0.05, 0.1) is 11.6 Å². The average Bonchev–Trinajstić information content (AvgIpc) is 3.11. The molecule has 0 spiro atoms. The highest BCUT2D eigenvalue weighted by Gasteiger charge is 2.41. The van der Waals surface area contributed by atoms with Gasteiger partial charge in [-0.3, -0.25) is 10.2 Å². The molecule has 1 saturated heterocycles. The maximum atomic E-state index is 12.7. The van der Waals surface area contributed by atoms with Gasteiger partial charge in [-0.1, -0.05) is 29.8 Å². The molecule has 2 aliphatic rings. The number of carbonyl (C=O) groups is 1. The summed E-state index contributed by atoms with van der Waals surface area (Å²) in [6.45, 7) is 3.93. The fourth-order valence-corrected chi connectivity index (χ4v) is 4.51. The van der Waals surface area contributed by atoms with E-state index in [4.69, 9.17) is 5.26 Å². The lowest BCUT2D eigenvalue weighted by Crippen LogP contribution is -2.44. The van der Waals surface area contributed by atoms with Crippen molar-refractivity contribution < 1.29 is 4.79 Å². The number of hydrogen-bond acceptors (Lipinski definition) is 5. The topological polar surface area (TPSA) is 89.8 Å². The van der Waals surface area contributed by atoms with Crippen LogP contribution in [0, 0.1) is 31.1 Å².